The summed E-state index contributed by atoms with van der Waals surface area (Å²) in [5.74, 6) is -1.09. The third-order valence-electron chi connectivity index (χ3n) is 2.78. The quantitative estimate of drug-likeness (QED) is 0.711. The van der Waals surface area contributed by atoms with E-state index in [1.165, 1.54) is 6.07 Å². The molecule has 0 bridgehead atoms. The van der Waals surface area contributed by atoms with Gasteiger partial charge in [0, 0.05) is 11.8 Å². The van der Waals surface area contributed by atoms with Gasteiger partial charge in [-0.2, -0.15) is 13.2 Å². The van der Waals surface area contributed by atoms with Crippen molar-refractivity contribution in [1.82, 2.24) is 15.3 Å². The maximum Gasteiger partial charge on any atom is 0.416 e. The molecule has 3 aromatic rings. The number of aromatic amines is 1. The predicted molar refractivity (Wildman–Crippen MR) is 67.1 cm³/mol. The smallest absolute Gasteiger partial charge is 0.351 e. The monoisotopic (exact) mass is 314 g/mol. The highest BCUT2D eigenvalue weighted by Crippen LogP contribution is 2.32. The number of nitrogens with zero attached hydrogens (tertiary/aromatic N) is 2. The standard InChI is InChI=1S/C12H6F4N4O2/c13-6-1-5(12(14,15)16)2-7(3-6)17-9-4-8-10(18-11(9)21)20-22-19-8/h1-4,17H,(H,18,20,21). The highest BCUT2D eigenvalue weighted by Gasteiger charge is 2.31. The number of alkyl halides is 3. The third kappa shape index (κ3) is 2.62. The van der Waals surface area contributed by atoms with E-state index in [2.05, 4.69) is 25.2 Å². The van der Waals surface area contributed by atoms with E-state index in [0.29, 0.717) is 12.1 Å². The second-order valence-corrected chi connectivity index (χ2v) is 4.36. The van der Waals surface area contributed by atoms with Gasteiger partial charge >= 0.3 is 6.18 Å². The van der Waals surface area contributed by atoms with Crippen LogP contribution in [0, 0.1) is 5.82 Å². The molecule has 0 atom stereocenters. The zero-order valence-electron chi connectivity index (χ0n) is 10.5. The zero-order chi connectivity index (χ0) is 15.9. The van der Waals surface area contributed by atoms with Gasteiger partial charge in [-0.25, -0.2) is 9.02 Å². The summed E-state index contributed by atoms with van der Waals surface area (Å²) in [6.45, 7) is 0. The number of hydrogen-bond donors (Lipinski definition) is 2. The Morgan fingerprint density at radius 3 is 2.64 bits per heavy atom. The topological polar surface area (TPSA) is 83.8 Å². The van der Waals surface area contributed by atoms with Crippen molar-refractivity contribution in [2.24, 2.45) is 0 Å². The maximum absolute atomic E-state index is 13.3. The van der Waals surface area contributed by atoms with Crippen LogP contribution >= 0.6 is 0 Å². The molecule has 0 aliphatic heterocycles. The SMILES string of the molecule is O=c1[nH]c2nonc2cc1Nc1cc(F)cc(C(F)(F)F)c1. The van der Waals surface area contributed by atoms with Crippen LogP contribution in [0.2, 0.25) is 0 Å². The molecular formula is C12H6F4N4O2. The van der Waals surface area contributed by atoms with Gasteiger partial charge in [0.1, 0.15) is 11.5 Å². The molecule has 0 unspecified atom stereocenters. The van der Waals surface area contributed by atoms with Crippen LogP contribution in [0.4, 0.5) is 28.9 Å². The van der Waals surface area contributed by atoms with Crippen LogP contribution in [0.5, 0.6) is 0 Å². The van der Waals surface area contributed by atoms with Crippen LogP contribution < -0.4 is 10.9 Å². The number of H-pyrrole nitrogens is 1. The van der Waals surface area contributed by atoms with E-state index < -0.39 is 23.1 Å². The van der Waals surface area contributed by atoms with Crippen molar-refractivity contribution in [1.29, 1.82) is 0 Å². The molecule has 2 heterocycles. The largest absolute Gasteiger partial charge is 0.416 e. The van der Waals surface area contributed by atoms with E-state index in [1.54, 1.807) is 0 Å². The fraction of sp³-hybridized carbons (Fsp3) is 0.0833. The molecule has 2 N–H and O–H groups in total. The molecular weight excluding hydrogens is 308 g/mol. The van der Waals surface area contributed by atoms with Crippen molar-refractivity contribution in [2.45, 2.75) is 6.18 Å². The first kappa shape index (κ1) is 14.0. The van der Waals surface area contributed by atoms with Crippen molar-refractivity contribution in [3.8, 4) is 0 Å². The van der Waals surface area contributed by atoms with Crippen molar-refractivity contribution in [3.63, 3.8) is 0 Å². The van der Waals surface area contributed by atoms with E-state index >= 15 is 0 Å². The minimum absolute atomic E-state index is 0.0887. The van der Waals surface area contributed by atoms with Crippen LogP contribution in [-0.4, -0.2) is 15.3 Å². The van der Waals surface area contributed by atoms with E-state index in [4.69, 9.17) is 0 Å². The Kier molecular flexibility index (Phi) is 3.08. The van der Waals surface area contributed by atoms with Crippen LogP contribution in [0.3, 0.4) is 0 Å². The number of aromatic nitrogens is 3. The highest BCUT2D eigenvalue weighted by atomic mass is 19.4. The van der Waals surface area contributed by atoms with Gasteiger partial charge in [0.2, 0.25) is 5.65 Å². The first-order valence-electron chi connectivity index (χ1n) is 5.83. The molecule has 0 amide bonds. The van der Waals surface area contributed by atoms with Gasteiger partial charge in [-0.3, -0.25) is 4.79 Å². The molecule has 0 saturated heterocycles. The zero-order valence-corrected chi connectivity index (χ0v) is 10.5. The van der Waals surface area contributed by atoms with Gasteiger partial charge in [-0.05, 0) is 28.5 Å². The van der Waals surface area contributed by atoms with Gasteiger partial charge in [-0.1, -0.05) is 0 Å². The van der Waals surface area contributed by atoms with Crippen molar-refractivity contribution in [3.05, 3.63) is 46.0 Å². The Bertz CT molecular complexity index is 900. The number of halogens is 4. The molecule has 22 heavy (non-hydrogen) atoms. The number of pyridine rings is 1. The second kappa shape index (κ2) is 4.83. The fourth-order valence-corrected chi connectivity index (χ4v) is 1.83. The number of nitrogens with one attached hydrogen (secondary N) is 2. The fourth-order valence-electron chi connectivity index (χ4n) is 1.83. The van der Waals surface area contributed by atoms with Gasteiger partial charge < -0.3 is 10.3 Å². The minimum Gasteiger partial charge on any atom is -0.351 e. The van der Waals surface area contributed by atoms with Gasteiger partial charge in [-0.15, -0.1) is 0 Å². The number of benzene rings is 1. The molecule has 0 fully saturated rings. The number of hydrogen-bond acceptors (Lipinski definition) is 5. The Balaban J connectivity index is 2.03. The lowest BCUT2D eigenvalue weighted by molar-refractivity contribution is -0.137. The number of anilines is 2. The van der Waals surface area contributed by atoms with Crippen molar-refractivity contribution in [2.75, 3.05) is 5.32 Å². The van der Waals surface area contributed by atoms with Crippen molar-refractivity contribution >= 4 is 22.5 Å². The Hall–Kier alpha value is -2.91. The molecule has 10 heteroatoms. The van der Waals surface area contributed by atoms with Crippen LogP contribution in [0.15, 0.2) is 33.7 Å². The summed E-state index contributed by atoms with van der Waals surface area (Å²) < 4.78 is 55.6. The Morgan fingerprint density at radius 2 is 1.91 bits per heavy atom. The summed E-state index contributed by atoms with van der Waals surface area (Å²) in [6, 6.07) is 3.11. The third-order valence-corrected chi connectivity index (χ3v) is 2.78. The number of rotatable bonds is 2. The molecule has 2 aromatic heterocycles. The van der Waals surface area contributed by atoms with Crippen LogP contribution in [-0.2, 0) is 6.18 Å². The summed E-state index contributed by atoms with van der Waals surface area (Å²) in [6.07, 6.45) is -4.70. The lowest BCUT2D eigenvalue weighted by Crippen LogP contribution is -2.12. The molecule has 0 aliphatic carbocycles. The van der Waals surface area contributed by atoms with Crippen molar-refractivity contribution < 1.29 is 22.2 Å². The predicted octanol–water partition coefficient (Wildman–Crippen LogP) is 2.81. The summed E-state index contributed by atoms with van der Waals surface area (Å²) in [7, 11) is 0. The van der Waals surface area contributed by atoms with Crippen LogP contribution in [0.25, 0.3) is 11.2 Å². The molecule has 0 aliphatic rings. The lowest BCUT2D eigenvalue weighted by Gasteiger charge is -2.10. The summed E-state index contributed by atoms with van der Waals surface area (Å²) in [4.78, 5) is 14.1. The summed E-state index contributed by atoms with van der Waals surface area (Å²) in [5.41, 5.74) is -1.91. The summed E-state index contributed by atoms with van der Waals surface area (Å²) >= 11 is 0. The Morgan fingerprint density at radius 1 is 1.14 bits per heavy atom. The lowest BCUT2D eigenvalue weighted by atomic mass is 10.2. The molecule has 3 rings (SSSR count). The average molecular weight is 314 g/mol. The molecule has 6 nitrogen and oxygen atoms in total. The normalized spacial score (nSPS) is 11.8. The molecule has 0 saturated carbocycles. The van der Waals surface area contributed by atoms with Crippen LogP contribution in [0.1, 0.15) is 5.56 Å². The maximum atomic E-state index is 13.3. The molecule has 0 radical (unpaired) electrons. The van der Waals surface area contributed by atoms with Gasteiger partial charge in [0.15, 0.2) is 5.52 Å². The van der Waals surface area contributed by atoms with E-state index in [1.807, 2.05) is 0 Å². The van der Waals surface area contributed by atoms with Gasteiger partial charge in [0.25, 0.3) is 5.56 Å². The number of fused-ring (bicyclic) bond motifs is 1. The van der Waals surface area contributed by atoms with Gasteiger partial charge in [0.05, 0.1) is 5.56 Å². The first-order valence-corrected chi connectivity index (χ1v) is 5.83. The minimum atomic E-state index is -4.70. The second-order valence-electron chi connectivity index (χ2n) is 4.36. The Labute approximate surface area is 118 Å². The molecule has 0 spiro atoms. The van der Waals surface area contributed by atoms with E-state index in [-0.39, 0.29) is 22.5 Å². The molecule has 1 aromatic carbocycles. The van der Waals surface area contributed by atoms with E-state index in [9.17, 15) is 22.4 Å². The first-order chi connectivity index (χ1) is 10.3. The highest BCUT2D eigenvalue weighted by molar-refractivity contribution is 5.74. The molecule has 114 valence electrons. The average Bonchev–Trinajstić information content (AvgIpc) is 2.84. The summed E-state index contributed by atoms with van der Waals surface area (Å²) in [5, 5.41) is 9.31. The van der Waals surface area contributed by atoms with E-state index in [0.717, 1.165) is 6.07 Å².